The molecule has 108 valence electrons. The lowest BCUT2D eigenvalue weighted by Gasteiger charge is -2.39. The molecule has 2 fully saturated rings. The summed E-state index contributed by atoms with van der Waals surface area (Å²) in [6.07, 6.45) is 4.23. The Labute approximate surface area is 114 Å². The molecule has 0 aromatic heterocycles. The third kappa shape index (κ3) is 3.47. The van der Waals surface area contributed by atoms with Crippen LogP contribution in [0, 0.1) is 0 Å². The van der Waals surface area contributed by atoms with Crippen molar-refractivity contribution in [2.75, 3.05) is 26.2 Å². The van der Waals surface area contributed by atoms with Gasteiger partial charge in [-0.25, -0.2) is 0 Å². The van der Waals surface area contributed by atoms with Gasteiger partial charge in [0, 0.05) is 39.0 Å². The SMILES string of the molecule is CCC1(O)CCCN(C(=O)CCN2CCCC2=O)C1. The Morgan fingerprint density at radius 1 is 1.37 bits per heavy atom. The fourth-order valence-corrected chi connectivity index (χ4v) is 2.94. The minimum atomic E-state index is -0.711. The van der Waals surface area contributed by atoms with Gasteiger partial charge in [0.2, 0.25) is 11.8 Å². The summed E-state index contributed by atoms with van der Waals surface area (Å²) in [4.78, 5) is 27.1. The second kappa shape index (κ2) is 5.90. The zero-order valence-electron chi connectivity index (χ0n) is 11.7. The van der Waals surface area contributed by atoms with Crippen LogP contribution in [0.15, 0.2) is 0 Å². The first-order valence-electron chi connectivity index (χ1n) is 7.32. The molecule has 0 spiro atoms. The molecule has 2 rings (SSSR count). The number of likely N-dealkylation sites (tertiary alicyclic amines) is 2. The van der Waals surface area contributed by atoms with Gasteiger partial charge in [-0.1, -0.05) is 6.92 Å². The van der Waals surface area contributed by atoms with Crippen LogP contribution in [0.1, 0.15) is 45.4 Å². The topological polar surface area (TPSA) is 60.9 Å². The second-order valence-corrected chi connectivity index (χ2v) is 5.73. The highest BCUT2D eigenvalue weighted by Gasteiger charge is 2.33. The van der Waals surface area contributed by atoms with Gasteiger partial charge in [0.15, 0.2) is 0 Å². The molecule has 5 heteroatoms. The van der Waals surface area contributed by atoms with Crippen LogP contribution >= 0.6 is 0 Å². The van der Waals surface area contributed by atoms with E-state index in [-0.39, 0.29) is 11.8 Å². The maximum absolute atomic E-state index is 12.1. The van der Waals surface area contributed by atoms with Gasteiger partial charge in [-0.2, -0.15) is 0 Å². The number of rotatable bonds is 4. The molecule has 0 bridgehead atoms. The summed E-state index contributed by atoms with van der Waals surface area (Å²) in [6, 6.07) is 0. The van der Waals surface area contributed by atoms with E-state index in [1.54, 1.807) is 9.80 Å². The first-order valence-corrected chi connectivity index (χ1v) is 7.32. The Morgan fingerprint density at radius 2 is 2.16 bits per heavy atom. The van der Waals surface area contributed by atoms with Crippen LogP contribution in [-0.4, -0.2) is 58.5 Å². The van der Waals surface area contributed by atoms with E-state index in [2.05, 4.69) is 0 Å². The highest BCUT2D eigenvalue weighted by molar-refractivity contribution is 5.80. The first kappa shape index (κ1) is 14.3. The molecule has 0 aromatic carbocycles. The van der Waals surface area contributed by atoms with Gasteiger partial charge >= 0.3 is 0 Å². The minimum absolute atomic E-state index is 0.0614. The van der Waals surface area contributed by atoms with Crippen molar-refractivity contribution in [1.82, 2.24) is 9.80 Å². The number of hydrogen-bond donors (Lipinski definition) is 1. The summed E-state index contributed by atoms with van der Waals surface area (Å²) < 4.78 is 0. The summed E-state index contributed by atoms with van der Waals surface area (Å²) in [5.41, 5.74) is -0.711. The van der Waals surface area contributed by atoms with E-state index in [9.17, 15) is 14.7 Å². The van der Waals surface area contributed by atoms with Crippen LogP contribution in [-0.2, 0) is 9.59 Å². The average Bonchev–Trinajstić information content (AvgIpc) is 2.81. The summed E-state index contributed by atoms with van der Waals surface area (Å²) >= 11 is 0. The van der Waals surface area contributed by atoms with Crippen molar-refractivity contribution in [3.63, 3.8) is 0 Å². The molecule has 19 heavy (non-hydrogen) atoms. The Morgan fingerprint density at radius 3 is 2.79 bits per heavy atom. The number of aliphatic hydroxyl groups is 1. The monoisotopic (exact) mass is 268 g/mol. The van der Waals surface area contributed by atoms with E-state index < -0.39 is 5.60 Å². The molecule has 2 aliphatic rings. The fraction of sp³-hybridized carbons (Fsp3) is 0.857. The van der Waals surface area contributed by atoms with Gasteiger partial charge in [-0.05, 0) is 25.7 Å². The van der Waals surface area contributed by atoms with Gasteiger partial charge in [0.1, 0.15) is 0 Å². The predicted octanol–water partition coefficient (Wildman–Crippen LogP) is 0.762. The van der Waals surface area contributed by atoms with Crippen molar-refractivity contribution in [1.29, 1.82) is 0 Å². The molecule has 2 amide bonds. The molecule has 0 radical (unpaired) electrons. The molecule has 2 saturated heterocycles. The third-order valence-electron chi connectivity index (χ3n) is 4.33. The number of carbonyl (C=O) groups excluding carboxylic acids is 2. The molecule has 5 nitrogen and oxygen atoms in total. The van der Waals surface area contributed by atoms with Crippen LogP contribution in [0.5, 0.6) is 0 Å². The molecule has 1 unspecified atom stereocenters. The molecule has 1 N–H and O–H groups in total. The largest absolute Gasteiger partial charge is 0.388 e. The quantitative estimate of drug-likeness (QED) is 0.819. The van der Waals surface area contributed by atoms with Crippen molar-refractivity contribution in [2.24, 2.45) is 0 Å². The molecule has 0 saturated carbocycles. The van der Waals surface area contributed by atoms with Crippen LogP contribution in [0.3, 0.4) is 0 Å². The molecular formula is C14H24N2O3. The minimum Gasteiger partial charge on any atom is -0.388 e. The molecule has 0 aromatic rings. The Hall–Kier alpha value is -1.10. The smallest absolute Gasteiger partial charge is 0.224 e. The number of nitrogens with zero attached hydrogens (tertiary/aromatic N) is 2. The number of β-amino-alcohol motifs (C(OH)–C–C–N with tert-alkyl or cyclic N) is 1. The second-order valence-electron chi connectivity index (χ2n) is 5.73. The lowest BCUT2D eigenvalue weighted by molar-refractivity contribution is -0.139. The summed E-state index contributed by atoms with van der Waals surface area (Å²) in [6.45, 7) is 4.44. The molecule has 1 atom stereocenters. The molecule has 2 heterocycles. The van der Waals surface area contributed by atoms with Crippen molar-refractivity contribution >= 4 is 11.8 Å². The van der Waals surface area contributed by atoms with Gasteiger partial charge < -0.3 is 14.9 Å². The fourth-order valence-electron chi connectivity index (χ4n) is 2.94. The van der Waals surface area contributed by atoms with Crippen LogP contribution in [0.4, 0.5) is 0 Å². The predicted molar refractivity (Wildman–Crippen MR) is 71.5 cm³/mol. The molecule has 0 aliphatic carbocycles. The Bertz CT molecular complexity index is 359. The zero-order valence-corrected chi connectivity index (χ0v) is 11.7. The highest BCUT2D eigenvalue weighted by Crippen LogP contribution is 2.24. The van der Waals surface area contributed by atoms with E-state index in [0.717, 1.165) is 32.4 Å². The molecule has 2 aliphatic heterocycles. The molecular weight excluding hydrogens is 244 g/mol. The van der Waals surface area contributed by atoms with E-state index in [4.69, 9.17) is 0 Å². The Balaban J connectivity index is 1.81. The van der Waals surface area contributed by atoms with Gasteiger partial charge in [-0.3, -0.25) is 9.59 Å². The van der Waals surface area contributed by atoms with Crippen molar-refractivity contribution in [3.05, 3.63) is 0 Å². The highest BCUT2D eigenvalue weighted by atomic mass is 16.3. The lowest BCUT2D eigenvalue weighted by Crippen LogP contribution is -2.50. The first-order chi connectivity index (χ1) is 9.04. The number of piperidine rings is 1. The third-order valence-corrected chi connectivity index (χ3v) is 4.33. The van der Waals surface area contributed by atoms with E-state index in [0.29, 0.717) is 32.4 Å². The van der Waals surface area contributed by atoms with E-state index in [1.165, 1.54) is 0 Å². The maximum atomic E-state index is 12.1. The maximum Gasteiger partial charge on any atom is 0.224 e. The standard InChI is InChI=1S/C14H24N2O3/c1-2-14(19)7-4-9-16(11-14)13(18)6-10-15-8-3-5-12(15)17/h19H,2-11H2,1H3. The average molecular weight is 268 g/mol. The summed E-state index contributed by atoms with van der Waals surface area (Å²) in [5.74, 6) is 0.225. The van der Waals surface area contributed by atoms with Gasteiger partial charge in [0.25, 0.3) is 0 Å². The van der Waals surface area contributed by atoms with E-state index in [1.807, 2.05) is 6.92 Å². The zero-order chi connectivity index (χ0) is 13.9. The number of hydrogen-bond acceptors (Lipinski definition) is 3. The summed E-state index contributed by atoms with van der Waals surface area (Å²) in [5, 5.41) is 10.3. The van der Waals surface area contributed by atoms with Gasteiger partial charge in [-0.15, -0.1) is 0 Å². The van der Waals surface area contributed by atoms with Crippen molar-refractivity contribution in [2.45, 2.75) is 51.0 Å². The van der Waals surface area contributed by atoms with Crippen LogP contribution in [0.2, 0.25) is 0 Å². The number of amides is 2. The van der Waals surface area contributed by atoms with Gasteiger partial charge in [0.05, 0.1) is 5.60 Å². The van der Waals surface area contributed by atoms with Crippen molar-refractivity contribution in [3.8, 4) is 0 Å². The van der Waals surface area contributed by atoms with Crippen LogP contribution in [0.25, 0.3) is 0 Å². The van der Waals surface area contributed by atoms with Crippen molar-refractivity contribution < 1.29 is 14.7 Å². The Kier molecular flexibility index (Phi) is 4.45. The van der Waals surface area contributed by atoms with E-state index >= 15 is 0 Å². The number of carbonyl (C=O) groups is 2. The normalized spacial score (nSPS) is 28.0. The summed E-state index contributed by atoms with van der Waals surface area (Å²) in [7, 11) is 0. The lowest BCUT2D eigenvalue weighted by atomic mass is 9.90. The van der Waals surface area contributed by atoms with Crippen LogP contribution < -0.4 is 0 Å².